The zero-order valence-corrected chi connectivity index (χ0v) is 18.3. The molecule has 5 heteroatoms. The number of Topliss-reactive ketones (excluding diaryl/α,β-unsaturated/α-hetero) is 1. The Labute approximate surface area is 188 Å². The number of ether oxygens (including phenoxy) is 1. The van der Waals surface area contributed by atoms with Gasteiger partial charge in [-0.05, 0) is 62.6 Å². The average molecular weight is 429 g/mol. The lowest BCUT2D eigenvalue weighted by Gasteiger charge is -2.36. The normalized spacial score (nSPS) is 23.7. The molecule has 32 heavy (non-hydrogen) atoms. The quantitative estimate of drug-likeness (QED) is 0.700. The van der Waals surface area contributed by atoms with Crippen LogP contribution in [0.25, 0.3) is 0 Å². The summed E-state index contributed by atoms with van der Waals surface area (Å²) in [6, 6.07) is 15.8. The predicted molar refractivity (Wildman–Crippen MR) is 122 cm³/mol. The highest BCUT2D eigenvalue weighted by molar-refractivity contribution is 6.04. The molecule has 1 saturated carbocycles. The van der Waals surface area contributed by atoms with E-state index in [1.165, 1.54) is 0 Å². The second kappa shape index (κ2) is 8.73. The highest BCUT2D eigenvalue weighted by Crippen LogP contribution is 2.45. The molecule has 1 aromatic carbocycles. The third-order valence-electron chi connectivity index (χ3n) is 6.88. The number of ketones is 1. The number of benzene rings is 1. The van der Waals surface area contributed by atoms with Crippen LogP contribution in [-0.4, -0.2) is 22.8 Å². The van der Waals surface area contributed by atoms with Crippen molar-refractivity contribution in [1.29, 1.82) is 0 Å². The first kappa shape index (κ1) is 20.7. The topological polar surface area (TPSA) is 68.3 Å². The number of carbonyl (C=O) groups excluding carboxylic acids is 2. The molecule has 2 atom stereocenters. The molecular weight excluding hydrogens is 400 g/mol. The molecule has 2 aromatic rings. The fourth-order valence-corrected chi connectivity index (χ4v) is 5.33. The summed E-state index contributed by atoms with van der Waals surface area (Å²) in [5.74, 6) is -0.631. The molecule has 1 aromatic heterocycles. The number of allylic oxidation sites excluding steroid dienone is 3. The van der Waals surface area contributed by atoms with E-state index in [0.717, 1.165) is 49.1 Å². The van der Waals surface area contributed by atoms with Gasteiger partial charge in [0.15, 0.2) is 5.78 Å². The molecule has 1 aliphatic heterocycles. The Morgan fingerprint density at radius 3 is 2.50 bits per heavy atom. The van der Waals surface area contributed by atoms with Gasteiger partial charge >= 0.3 is 5.97 Å². The fourth-order valence-electron chi connectivity index (χ4n) is 5.33. The van der Waals surface area contributed by atoms with Gasteiger partial charge in [0.2, 0.25) is 0 Å². The van der Waals surface area contributed by atoms with E-state index in [4.69, 9.17) is 4.74 Å². The van der Waals surface area contributed by atoms with Crippen molar-refractivity contribution in [2.24, 2.45) is 0 Å². The van der Waals surface area contributed by atoms with Gasteiger partial charge in [-0.3, -0.25) is 9.78 Å². The molecule has 0 bridgehead atoms. The van der Waals surface area contributed by atoms with E-state index in [9.17, 15) is 9.59 Å². The van der Waals surface area contributed by atoms with Gasteiger partial charge in [0.1, 0.15) is 6.10 Å². The Hall–Kier alpha value is -3.21. The summed E-state index contributed by atoms with van der Waals surface area (Å²) in [6.45, 7) is 1.90. The van der Waals surface area contributed by atoms with Crippen molar-refractivity contribution >= 4 is 11.8 Å². The van der Waals surface area contributed by atoms with Gasteiger partial charge in [-0.2, -0.15) is 0 Å². The maximum absolute atomic E-state index is 13.5. The minimum Gasteiger partial charge on any atom is -0.459 e. The van der Waals surface area contributed by atoms with Crippen LogP contribution in [0.3, 0.4) is 0 Å². The summed E-state index contributed by atoms with van der Waals surface area (Å²) < 4.78 is 5.88. The molecule has 164 valence electrons. The van der Waals surface area contributed by atoms with Gasteiger partial charge in [-0.15, -0.1) is 0 Å². The van der Waals surface area contributed by atoms with Crippen molar-refractivity contribution in [2.45, 2.75) is 63.4 Å². The molecule has 2 aliphatic carbocycles. The monoisotopic (exact) mass is 428 g/mol. The van der Waals surface area contributed by atoms with Crippen LogP contribution in [0.5, 0.6) is 0 Å². The largest absolute Gasteiger partial charge is 0.459 e. The van der Waals surface area contributed by atoms with E-state index < -0.39 is 5.92 Å². The molecule has 1 fully saturated rings. The molecule has 5 nitrogen and oxygen atoms in total. The lowest BCUT2D eigenvalue weighted by atomic mass is 9.73. The van der Waals surface area contributed by atoms with Crippen LogP contribution in [0, 0.1) is 0 Å². The number of nitrogens with zero attached hydrogens (tertiary/aromatic N) is 1. The highest BCUT2D eigenvalue weighted by atomic mass is 16.5. The first-order chi connectivity index (χ1) is 15.6. The molecule has 2 unspecified atom stereocenters. The Bertz CT molecular complexity index is 1080. The van der Waals surface area contributed by atoms with Crippen molar-refractivity contribution in [2.75, 3.05) is 0 Å². The van der Waals surface area contributed by atoms with Gasteiger partial charge in [0.25, 0.3) is 0 Å². The summed E-state index contributed by atoms with van der Waals surface area (Å²) in [5, 5.41) is 3.41. The lowest BCUT2D eigenvalue weighted by Crippen LogP contribution is -2.36. The highest BCUT2D eigenvalue weighted by Gasteiger charge is 2.42. The van der Waals surface area contributed by atoms with Gasteiger partial charge < -0.3 is 10.1 Å². The number of hydrogen-bond donors (Lipinski definition) is 1. The van der Waals surface area contributed by atoms with Crippen molar-refractivity contribution in [3.8, 4) is 0 Å². The molecule has 1 N–H and O–H groups in total. The summed E-state index contributed by atoms with van der Waals surface area (Å²) in [7, 11) is 0. The zero-order valence-electron chi connectivity index (χ0n) is 18.3. The molecule has 0 saturated heterocycles. The zero-order chi connectivity index (χ0) is 22.1. The van der Waals surface area contributed by atoms with E-state index in [-0.39, 0.29) is 23.8 Å². The summed E-state index contributed by atoms with van der Waals surface area (Å²) in [6.07, 6.45) is 6.84. The van der Waals surface area contributed by atoms with Crippen LogP contribution in [0.2, 0.25) is 0 Å². The number of hydrogen-bond acceptors (Lipinski definition) is 5. The average Bonchev–Trinajstić information content (AvgIpc) is 3.32. The van der Waals surface area contributed by atoms with Gasteiger partial charge in [-0.25, -0.2) is 4.79 Å². The number of aromatic nitrogens is 1. The van der Waals surface area contributed by atoms with Crippen LogP contribution >= 0.6 is 0 Å². The van der Waals surface area contributed by atoms with Gasteiger partial charge in [0.05, 0.1) is 17.2 Å². The van der Waals surface area contributed by atoms with Crippen LogP contribution in [0.15, 0.2) is 77.3 Å². The fraction of sp³-hybridized carbons (Fsp3) is 0.370. The van der Waals surface area contributed by atoms with Crippen LogP contribution in [-0.2, 0) is 14.3 Å². The van der Waals surface area contributed by atoms with Crippen LogP contribution in [0.4, 0.5) is 0 Å². The number of nitrogens with one attached hydrogen (secondary N) is 1. The summed E-state index contributed by atoms with van der Waals surface area (Å²) >= 11 is 0. The Morgan fingerprint density at radius 1 is 1.03 bits per heavy atom. The Balaban J connectivity index is 1.53. The molecule has 5 rings (SSSR count). The van der Waals surface area contributed by atoms with Crippen molar-refractivity contribution in [1.82, 2.24) is 10.3 Å². The van der Waals surface area contributed by atoms with Crippen LogP contribution in [0.1, 0.15) is 68.5 Å². The molecular formula is C27H28N2O3. The second-order valence-corrected chi connectivity index (χ2v) is 8.99. The lowest BCUT2D eigenvalue weighted by molar-refractivity contribution is -0.144. The van der Waals surface area contributed by atoms with Crippen molar-refractivity contribution < 1.29 is 14.3 Å². The van der Waals surface area contributed by atoms with E-state index in [2.05, 4.69) is 22.4 Å². The maximum Gasteiger partial charge on any atom is 0.337 e. The number of pyridine rings is 1. The molecule has 3 aliphatic rings. The smallest absolute Gasteiger partial charge is 0.337 e. The number of rotatable bonds is 4. The number of esters is 1. The SMILES string of the molecule is CC1=C(C(=O)OC2CCCC2)C(c2ccccn2)C2=C(CC(c3ccccc3)CC2=O)N1. The van der Waals surface area contributed by atoms with Crippen molar-refractivity contribution in [3.05, 3.63) is 88.5 Å². The van der Waals surface area contributed by atoms with E-state index in [1.807, 2.05) is 43.3 Å². The predicted octanol–water partition coefficient (Wildman–Crippen LogP) is 4.93. The molecule has 0 amide bonds. The Morgan fingerprint density at radius 2 is 1.78 bits per heavy atom. The molecule has 0 radical (unpaired) electrons. The van der Waals surface area contributed by atoms with Gasteiger partial charge in [0, 0.05) is 29.6 Å². The molecule has 2 heterocycles. The minimum atomic E-state index is -0.495. The maximum atomic E-state index is 13.5. The Kier molecular flexibility index (Phi) is 5.64. The number of carbonyl (C=O) groups is 2. The van der Waals surface area contributed by atoms with Crippen molar-refractivity contribution in [3.63, 3.8) is 0 Å². The van der Waals surface area contributed by atoms with Crippen LogP contribution < -0.4 is 5.32 Å². The first-order valence-electron chi connectivity index (χ1n) is 11.5. The summed E-state index contributed by atoms with van der Waals surface area (Å²) in [4.78, 5) is 31.4. The summed E-state index contributed by atoms with van der Waals surface area (Å²) in [5.41, 5.74) is 4.72. The molecule has 0 spiro atoms. The minimum absolute atomic E-state index is 0.0351. The standard InChI is InChI=1S/C27H28N2O3/c1-17-24(27(31)32-20-11-5-6-12-20)26(21-13-7-8-14-28-21)25-22(29-17)15-19(16-23(25)30)18-9-3-2-4-10-18/h2-4,7-10,13-14,19-20,26,29H,5-6,11-12,15-16H2,1H3. The van der Waals surface area contributed by atoms with E-state index >= 15 is 0 Å². The van der Waals surface area contributed by atoms with E-state index in [1.54, 1.807) is 6.20 Å². The van der Waals surface area contributed by atoms with Gasteiger partial charge in [-0.1, -0.05) is 36.4 Å². The van der Waals surface area contributed by atoms with E-state index in [0.29, 0.717) is 23.3 Å². The second-order valence-electron chi connectivity index (χ2n) is 8.99. The third-order valence-corrected chi connectivity index (χ3v) is 6.88. The number of dihydropyridines is 1. The first-order valence-corrected chi connectivity index (χ1v) is 11.5. The third kappa shape index (κ3) is 3.88.